The molecule has 148 valence electrons. The van der Waals surface area contributed by atoms with Crippen LogP contribution in [0.5, 0.6) is 0 Å². The van der Waals surface area contributed by atoms with Crippen molar-refractivity contribution in [1.82, 2.24) is 15.3 Å². The number of thiazole rings is 1. The lowest BCUT2D eigenvalue weighted by atomic mass is 10.3. The number of pyridine rings is 1. The van der Waals surface area contributed by atoms with Crippen molar-refractivity contribution < 1.29 is 23.5 Å². The van der Waals surface area contributed by atoms with E-state index < -0.39 is 30.3 Å². The van der Waals surface area contributed by atoms with Gasteiger partial charge in [-0.1, -0.05) is 18.2 Å². The molecule has 3 aromatic rings. The van der Waals surface area contributed by atoms with Crippen LogP contribution in [0.2, 0.25) is 0 Å². The topological polar surface area (TPSA) is 110 Å². The van der Waals surface area contributed by atoms with Crippen molar-refractivity contribution >= 4 is 34.9 Å². The fourth-order valence-electron chi connectivity index (χ4n) is 2.26. The first-order valence-corrected chi connectivity index (χ1v) is 9.17. The number of aryl methyl sites for hydroxylation is 1. The second-order valence-electron chi connectivity index (χ2n) is 5.71. The van der Waals surface area contributed by atoms with Gasteiger partial charge in [0, 0.05) is 6.20 Å². The fourth-order valence-corrected chi connectivity index (χ4v) is 3.20. The summed E-state index contributed by atoms with van der Waals surface area (Å²) in [6.45, 7) is 0.960. The second kappa shape index (κ2) is 9.02. The van der Waals surface area contributed by atoms with E-state index in [1.807, 2.05) is 5.32 Å². The number of nitrogens with one attached hydrogen (secondary N) is 2. The number of esters is 1. The predicted octanol–water partition coefficient (Wildman–Crippen LogP) is 3.16. The zero-order valence-electron chi connectivity index (χ0n) is 15.1. The van der Waals surface area contributed by atoms with Gasteiger partial charge in [0.25, 0.3) is 5.91 Å². The Bertz CT molecular complexity index is 1060. The van der Waals surface area contributed by atoms with E-state index in [1.165, 1.54) is 18.2 Å². The summed E-state index contributed by atoms with van der Waals surface area (Å²) >= 11 is 1.09. The number of nitrogens with zero attached hydrogens (tertiary/aromatic N) is 2. The molecule has 10 heteroatoms. The Kier molecular flexibility index (Phi) is 6.25. The molecule has 0 unspecified atom stereocenters. The first-order valence-electron chi connectivity index (χ1n) is 8.35. The van der Waals surface area contributed by atoms with Crippen LogP contribution in [-0.2, 0) is 9.53 Å². The number of carbonyl (C=O) groups excluding carboxylic acids is 3. The average Bonchev–Trinajstić information content (AvgIpc) is 3.10. The van der Waals surface area contributed by atoms with Crippen LogP contribution in [0.3, 0.4) is 0 Å². The van der Waals surface area contributed by atoms with Gasteiger partial charge in [-0.05, 0) is 31.2 Å². The molecule has 0 fully saturated rings. The van der Waals surface area contributed by atoms with E-state index >= 15 is 0 Å². The van der Waals surface area contributed by atoms with Crippen molar-refractivity contribution in [3.05, 3.63) is 65.0 Å². The number of aromatic nitrogens is 2. The van der Waals surface area contributed by atoms with Crippen LogP contribution < -0.4 is 10.6 Å². The van der Waals surface area contributed by atoms with Gasteiger partial charge < -0.3 is 10.1 Å². The smallest absolute Gasteiger partial charge is 0.350 e. The summed E-state index contributed by atoms with van der Waals surface area (Å²) in [5.74, 6) is -2.25. The Balaban J connectivity index is 1.54. The fraction of sp³-hybridized carbons (Fsp3) is 0.105. The molecule has 0 saturated carbocycles. The van der Waals surface area contributed by atoms with Gasteiger partial charge in [0.2, 0.25) is 0 Å². The van der Waals surface area contributed by atoms with Crippen molar-refractivity contribution in [2.45, 2.75) is 6.92 Å². The molecule has 0 atom stereocenters. The van der Waals surface area contributed by atoms with Crippen LogP contribution in [0.15, 0.2) is 48.7 Å². The quantitative estimate of drug-likeness (QED) is 0.621. The van der Waals surface area contributed by atoms with E-state index in [0.29, 0.717) is 16.4 Å². The highest BCUT2D eigenvalue weighted by Gasteiger charge is 2.19. The Hall–Kier alpha value is -3.66. The summed E-state index contributed by atoms with van der Waals surface area (Å²) in [6.07, 6.45) is 1.61. The zero-order chi connectivity index (χ0) is 20.8. The standard InChI is InChI=1S/C19H15FN4O4S/c1-11-16(29-17(22-11)14-8-4-5-9-21-14)18(26)28-10-15(25)24-19(27)23-13-7-3-2-6-12(13)20/h2-9H,10H2,1H3,(H2,23,24,25,27). The highest BCUT2D eigenvalue weighted by atomic mass is 32.1. The zero-order valence-corrected chi connectivity index (χ0v) is 16.0. The molecular formula is C19H15FN4O4S. The van der Waals surface area contributed by atoms with E-state index in [1.54, 1.807) is 31.3 Å². The van der Waals surface area contributed by atoms with Crippen LogP contribution in [0.4, 0.5) is 14.9 Å². The van der Waals surface area contributed by atoms with Gasteiger partial charge in [-0.3, -0.25) is 15.1 Å². The summed E-state index contributed by atoms with van der Waals surface area (Å²) in [5, 5.41) is 4.69. The van der Waals surface area contributed by atoms with Crippen molar-refractivity contribution in [1.29, 1.82) is 0 Å². The van der Waals surface area contributed by atoms with Crippen LogP contribution in [0, 0.1) is 12.7 Å². The Morgan fingerprint density at radius 3 is 2.62 bits per heavy atom. The summed E-state index contributed by atoms with van der Waals surface area (Å²) in [7, 11) is 0. The molecule has 0 aliphatic carbocycles. The minimum Gasteiger partial charge on any atom is -0.451 e. The maximum atomic E-state index is 13.5. The highest BCUT2D eigenvalue weighted by molar-refractivity contribution is 7.17. The molecule has 2 heterocycles. The number of urea groups is 1. The van der Waals surface area contributed by atoms with E-state index in [2.05, 4.69) is 15.3 Å². The number of amides is 3. The molecule has 0 saturated heterocycles. The summed E-state index contributed by atoms with van der Waals surface area (Å²) in [4.78, 5) is 44.5. The van der Waals surface area contributed by atoms with E-state index in [-0.39, 0.29) is 10.6 Å². The van der Waals surface area contributed by atoms with Crippen molar-refractivity contribution in [2.75, 3.05) is 11.9 Å². The minimum atomic E-state index is -0.942. The number of carbonyl (C=O) groups is 3. The maximum Gasteiger partial charge on any atom is 0.350 e. The first-order chi connectivity index (χ1) is 13.9. The van der Waals surface area contributed by atoms with Crippen molar-refractivity contribution in [2.24, 2.45) is 0 Å². The lowest BCUT2D eigenvalue weighted by molar-refractivity contribution is -0.123. The third-order valence-electron chi connectivity index (χ3n) is 3.58. The minimum absolute atomic E-state index is 0.0860. The summed E-state index contributed by atoms with van der Waals surface area (Å²) < 4.78 is 18.4. The lowest BCUT2D eigenvalue weighted by Gasteiger charge is -2.07. The number of hydrogen-bond acceptors (Lipinski definition) is 7. The van der Waals surface area contributed by atoms with Crippen molar-refractivity contribution in [3.8, 4) is 10.7 Å². The molecule has 2 aromatic heterocycles. The van der Waals surface area contributed by atoms with Gasteiger partial charge in [0.15, 0.2) is 6.61 Å². The molecule has 0 aliphatic rings. The largest absolute Gasteiger partial charge is 0.451 e. The predicted molar refractivity (Wildman–Crippen MR) is 104 cm³/mol. The van der Waals surface area contributed by atoms with Gasteiger partial charge in [0.1, 0.15) is 15.7 Å². The van der Waals surface area contributed by atoms with Crippen LogP contribution in [-0.4, -0.2) is 34.5 Å². The molecule has 3 amide bonds. The van der Waals surface area contributed by atoms with Gasteiger partial charge in [0.05, 0.1) is 17.1 Å². The lowest BCUT2D eigenvalue weighted by Crippen LogP contribution is -2.37. The number of anilines is 1. The number of imide groups is 1. The molecule has 8 nitrogen and oxygen atoms in total. The van der Waals surface area contributed by atoms with Gasteiger partial charge in [-0.25, -0.2) is 19.0 Å². The Morgan fingerprint density at radius 1 is 1.14 bits per heavy atom. The number of para-hydroxylation sites is 1. The monoisotopic (exact) mass is 414 g/mol. The SMILES string of the molecule is Cc1nc(-c2ccccn2)sc1C(=O)OCC(=O)NC(=O)Nc1ccccc1F. The molecular weight excluding hydrogens is 399 g/mol. The first kappa shape index (κ1) is 20.1. The van der Waals surface area contributed by atoms with Crippen LogP contribution >= 0.6 is 11.3 Å². The van der Waals surface area contributed by atoms with E-state index in [0.717, 1.165) is 17.4 Å². The molecule has 0 aliphatic heterocycles. The molecule has 2 N–H and O–H groups in total. The number of hydrogen-bond donors (Lipinski definition) is 2. The normalized spacial score (nSPS) is 10.3. The number of rotatable bonds is 5. The number of halogens is 1. The summed E-state index contributed by atoms with van der Waals surface area (Å²) in [6, 6.07) is 9.87. The van der Waals surface area contributed by atoms with Crippen LogP contribution in [0.1, 0.15) is 15.4 Å². The third-order valence-corrected chi connectivity index (χ3v) is 4.74. The van der Waals surface area contributed by atoms with Gasteiger partial charge >= 0.3 is 12.0 Å². The van der Waals surface area contributed by atoms with Gasteiger partial charge in [-0.15, -0.1) is 11.3 Å². The molecule has 29 heavy (non-hydrogen) atoms. The number of ether oxygens (including phenoxy) is 1. The molecule has 0 spiro atoms. The summed E-state index contributed by atoms with van der Waals surface area (Å²) in [5.41, 5.74) is 0.970. The van der Waals surface area contributed by atoms with Crippen molar-refractivity contribution in [3.63, 3.8) is 0 Å². The van der Waals surface area contributed by atoms with Gasteiger partial charge in [-0.2, -0.15) is 0 Å². The highest BCUT2D eigenvalue weighted by Crippen LogP contribution is 2.26. The Morgan fingerprint density at radius 2 is 1.90 bits per heavy atom. The Labute approximate surface area is 168 Å². The third kappa shape index (κ3) is 5.20. The van der Waals surface area contributed by atoms with E-state index in [9.17, 15) is 18.8 Å². The van der Waals surface area contributed by atoms with Crippen LogP contribution in [0.25, 0.3) is 10.7 Å². The molecule has 0 bridgehead atoms. The average molecular weight is 414 g/mol. The molecule has 0 radical (unpaired) electrons. The maximum absolute atomic E-state index is 13.5. The number of benzene rings is 1. The molecule has 1 aromatic carbocycles. The molecule has 3 rings (SSSR count). The van der Waals surface area contributed by atoms with E-state index in [4.69, 9.17) is 4.74 Å². The second-order valence-corrected chi connectivity index (χ2v) is 6.71.